The van der Waals surface area contributed by atoms with Gasteiger partial charge in [0.05, 0.1) is 19.3 Å². The number of amides is 2. The van der Waals surface area contributed by atoms with Gasteiger partial charge in [-0.05, 0) is 49.4 Å². The number of aromatic nitrogens is 3. The monoisotopic (exact) mass is 623 g/mol. The Balaban J connectivity index is 1.57. The van der Waals surface area contributed by atoms with E-state index in [4.69, 9.17) is 15.2 Å². The highest BCUT2D eigenvalue weighted by molar-refractivity contribution is 6.00. The van der Waals surface area contributed by atoms with E-state index in [2.05, 4.69) is 10.1 Å². The Labute approximate surface area is 244 Å². The van der Waals surface area contributed by atoms with Crippen molar-refractivity contribution < 1.29 is 50.5 Å². The summed E-state index contributed by atoms with van der Waals surface area (Å²) >= 11 is 0. The van der Waals surface area contributed by atoms with E-state index in [1.807, 2.05) is 5.32 Å². The molecule has 2 aromatic heterocycles. The maximum Gasteiger partial charge on any atom is 0.424 e. The number of alkyl halides is 5. The van der Waals surface area contributed by atoms with Crippen molar-refractivity contribution >= 4 is 22.7 Å². The Bertz CT molecular complexity index is 1780. The number of carbonyl (C=O) groups is 2. The van der Waals surface area contributed by atoms with Crippen molar-refractivity contribution in [1.29, 1.82) is 0 Å². The molecular formula is C28H23F6N5O5. The van der Waals surface area contributed by atoms with Gasteiger partial charge in [-0.2, -0.15) is 27.1 Å². The zero-order chi connectivity index (χ0) is 32.2. The van der Waals surface area contributed by atoms with E-state index in [1.165, 1.54) is 26.2 Å². The first-order valence-corrected chi connectivity index (χ1v) is 12.8. The molecule has 0 bridgehead atoms. The molecule has 0 radical (unpaired) electrons. The molecule has 0 spiro atoms. The lowest BCUT2D eigenvalue weighted by Crippen LogP contribution is -2.51. The summed E-state index contributed by atoms with van der Waals surface area (Å²) < 4.78 is 94.8. The van der Waals surface area contributed by atoms with Crippen molar-refractivity contribution in [1.82, 2.24) is 20.1 Å². The predicted octanol–water partition coefficient (Wildman–Crippen LogP) is 3.96. The number of fused-ring (bicyclic) bond motifs is 2. The van der Waals surface area contributed by atoms with Gasteiger partial charge in [0, 0.05) is 28.3 Å². The summed E-state index contributed by atoms with van der Waals surface area (Å²) in [5, 5.41) is 16.9. The SMILES string of the molecule is COc1cc(C(=O)NCC(O)(c2cc3c(c(-c4ccc(F)cc4)n2)OC[C@]3(C)C(N)=O)C(F)(F)F)cc2cn(C(F)F)nc12. The summed E-state index contributed by atoms with van der Waals surface area (Å²) in [6, 6.07) is 7.53. The highest BCUT2D eigenvalue weighted by Crippen LogP contribution is 2.47. The van der Waals surface area contributed by atoms with E-state index in [1.54, 1.807) is 0 Å². The average molecular weight is 624 g/mol. The van der Waals surface area contributed by atoms with Crippen LogP contribution in [0.3, 0.4) is 0 Å². The molecule has 16 heteroatoms. The number of nitrogens with zero attached hydrogens (tertiary/aromatic N) is 3. The first-order valence-electron chi connectivity index (χ1n) is 12.8. The highest BCUT2D eigenvalue weighted by Gasteiger charge is 2.57. The number of benzene rings is 2. The maximum atomic E-state index is 14.6. The van der Waals surface area contributed by atoms with Crippen LogP contribution >= 0.6 is 0 Å². The van der Waals surface area contributed by atoms with E-state index in [0.29, 0.717) is 4.68 Å². The Hall–Kier alpha value is -4.86. The number of ether oxygens (including phenoxy) is 2. The zero-order valence-corrected chi connectivity index (χ0v) is 22.9. The number of hydrogen-bond donors (Lipinski definition) is 3. The number of pyridine rings is 1. The van der Waals surface area contributed by atoms with E-state index < -0.39 is 53.6 Å². The molecule has 1 aliphatic rings. The molecule has 0 aliphatic carbocycles. The van der Waals surface area contributed by atoms with Crippen LogP contribution < -0.4 is 20.5 Å². The topological polar surface area (TPSA) is 142 Å². The molecule has 0 fully saturated rings. The summed E-state index contributed by atoms with van der Waals surface area (Å²) in [6.07, 6.45) is -4.52. The molecule has 1 unspecified atom stereocenters. The summed E-state index contributed by atoms with van der Waals surface area (Å²) in [5.74, 6) is -2.88. The van der Waals surface area contributed by atoms with Crippen molar-refractivity contribution in [2.24, 2.45) is 5.73 Å². The fraction of sp³-hybridized carbons (Fsp3) is 0.286. The van der Waals surface area contributed by atoms with Gasteiger partial charge in [-0.3, -0.25) is 9.59 Å². The Morgan fingerprint density at radius 1 is 1.20 bits per heavy atom. The van der Waals surface area contributed by atoms with Crippen LogP contribution in [0.25, 0.3) is 22.2 Å². The number of carbonyl (C=O) groups excluding carboxylic acids is 2. The van der Waals surface area contributed by atoms with Gasteiger partial charge < -0.3 is 25.6 Å². The van der Waals surface area contributed by atoms with Crippen LogP contribution in [-0.2, 0) is 15.8 Å². The predicted molar refractivity (Wildman–Crippen MR) is 141 cm³/mol. The molecule has 4 aromatic rings. The van der Waals surface area contributed by atoms with Crippen LogP contribution in [0, 0.1) is 5.82 Å². The maximum absolute atomic E-state index is 14.6. The highest BCUT2D eigenvalue weighted by atomic mass is 19.4. The average Bonchev–Trinajstić information content (AvgIpc) is 3.57. The third-order valence-corrected chi connectivity index (χ3v) is 7.40. The zero-order valence-electron chi connectivity index (χ0n) is 22.9. The first-order chi connectivity index (χ1) is 20.6. The van der Waals surface area contributed by atoms with Crippen LogP contribution in [0.15, 0.2) is 48.7 Å². The first kappa shape index (κ1) is 30.6. The fourth-order valence-corrected chi connectivity index (χ4v) is 4.76. The number of primary amides is 1. The number of rotatable bonds is 8. The smallest absolute Gasteiger partial charge is 0.424 e. The molecule has 5 rings (SSSR count). The Morgan fingerprint density at radius 3 is 2.48 bits per heavy atom. The molecule has 0 saturated heterocycles. The van der Waals surface area contributed by atoms with Crippen LogP contribution in [0.4, 0.5) is 26.3 Å². The second-order valence-corrected chi connectivity index (χ2v) is 10.3. The van der Waals surface area contributed by atoms with E-state index in [-0.39, 0.29) is 51.4 Å². The van der Waals surface area contributed by atoms with Gasteiger partial charge in [0.25, 0.3) is 5.91 Å². The van der Waals surface area contributed by atoms with Crippen molar-refractivity contribution in [3.8, 4) is 22.8 Å². The fourth-order valence-electron chi connectivity index (χ4n) is 4.76. The van der Waals surface area contributed by atoms with Gasteiger partial charge >= 0.3 is 12.7 Å². The molecule has 3 heterocycles. The van der Waals surface area contributed by atoms with E-state index in [0.717, 1.165) is 36.5 Å². The second-order valence-electron chi connectivity index (χ2n) is 10.3. The van der Waals surface area contributed by atoms with Crippen LogP contribution in [0.1, 0.15) is 35.1 Å². The normalized spacial score (nSPS) is 17.7. The summed E-state index contributed by atoms with van der Waals surface area (Å²) in [4.78, 5) is 29.4. The van der Waals surface area contributed by atoms with Crippen LogP contribution in [0.5, 0.6) is 11.5 Å². The van der Waals surface area contributed by atoms with Crippen molar-refractivity contribution in [2.45, 2.75) is 30.7 Å². The molecule has 4 N–H and O–H groups in total. The Morgan fingerprint density at radius 2 is 1.89 bits per heavy atom. The Kier molecular flexibility index (Phi) is 7.44. The molecule has 0 saturated carbocycles. The minimum atomic E-state index is -5.44. The lowest BCUT2D eigenvalue weighted by atomic mass is 9.81. The lowest BCUT2D eigenvalue weighted by Gasteiger charge is -2.31. The molecule has 2 aromatic carbocycles. The van der Waals surface area contributed by atoms with Crippen molar-refractivity contribution in [2.75, 3.05) is 20.3 Å². The van der Waals surface area contributed by atoms with Gasteiger partial charge in [0.1, 0.15) is 40.5 Å². The van der Waals surface area contributed by atoms with Gasteiger partial charge in [-0.25, -0.2) is 14.1 Å². The van der Waals surface area contributed by atoms with Crippen molar-refractivity contribution in [3.05, 3.63) is 71.3 Å². The molecule has 232 valence electrons. The van der Waals surface area contributed by atoms with E-state index >= 15 is 0 Å². The molecule has 2 atom stereocenters. The quantitative estimate of drug-likeness (QED) is 0.253. The summed E-state index contributed by atoms with van der Waals surface area (Å²) in [7, 11) is 1.18. The van der Waals surface area contributed by atoms with Gasteiger partial charge in [0.2, 0.25) is 11.5 Å². The van der Waals surface area contributed by atoms with Crippen molar-refractivity contribution in [3.63, 3.8) is 0 Å². The number of hydrogen-bond acceptors (Lipinski definition) is 7. The molecule has 1 aliphatic heterocycles. The van der Waals surface area contributed by atoms with Crippen LogP contribution in [-0.4, -0.2) is 58.1 Å². The summed E-state index contributed by atoms with van der Waals surface area (Å²) in [6.45, 7) is -3.47. The molecule has 10 nitrogen and oxygen atoms in total. The number of aliphatic hydroxyl groups is 1. The number of methoxy groups -OCH3 is 1. The molecule has 2 amide bonds. The van der Waals surface area contributed by atoms with Gasteiger partial charge in [-0.15, -0.1) is 0 Å². The standard InChI is InChI=1S/C28H23F6N5O5/c1-26(24(35)41)12-44-22-17(26)9-19(37-21(22)13-3-5-16(29)6-4-13)27(42,28(32,33)34)11-36-23(40)14-7-15-10-39(25(30)31)38-20(15)18(8-14)43-2/h3-10,25,42H,11-12H2,1-2H3,(H2,35,41)(H,36,40)/t26-,27?/m0/s1. The molecular weight excluding hydrogens is 600 g/mol. The lowest BCUT2D eigenvalue weighted by molar-refractivity contribution is -0.265. The summed E-state index contributed by atoms with van der Waals surface area (Å²) in [5.41, 5.74) is -1.43. The minimum Gasteiger partial charge on any atom is -0.494 e. The number of halogens is 6. The number of nitrogens with one attached hydrogen (secondary N) is 1. The minimum absolute atomic E-state index is 0.0217. The van der Waals surface area contributed by atoms with Crippen LogP contribution in [0.2, 0.25) is 0 Å². The van der Waals surface area contributed by atoms with Gasteiger partial charge in [0.15, 0.2) is 0 Å². The number of nitrogens with two attached hydrogens (primary N) is 1. The van der Waals surface area contributed by atoms with Gasteiger partial charge in [-0.1, -0.05) is 0 Å². The third-order valence-electron chi connectivity index (χ3n) is 7.40. The second kappa shape index (κ2) is 10.7. The molecule has 44 heavy (non-hydrogen) atoms. The largest absolute Gasteiger partial charge is 0.494 e. The third kappa shape index (κ3) is 5.04. The van der Waals surface area contributed by atoms with E-state index in [9.17, 15) is 41.0 Å².